The van der Waals surface area contributed by atoms with E-state index in [0.717, 1.165) is 25.2 Å². The van der Waals surface area contributed by atoms with E-state index in [-0.39, 0.29) is 5.91 Å². The lowest BCUT2D eigenvalue weighted by molar-refractivity contribution is -0.136. The predicted octanol–water partition coefficient (Wildman–Crippen LogP) is 3.73. The zero-order valence-corrected chi connectivity index (χ0v) is 18.4. The number of hydrogen-bond acceptors (Lipinski definition) is 3. The van der Waals surface area contributed by atoms with Crippen molar-refractivity contribution in [1.82, 2.24) is 10.2 Å². The minimum Gasteiger partial charge on any atom is -0.372 e. The van der Waals surface area contributed by atoms with E-state index in [9.17, 15) is 9.90 Å². The van der Waals surface area contributed by atoms with Gasteiger partial charge in [0, 0.05) is 26.2 Å². The molecular weight excluding hydrogens is 396 g/mol. The summed E-state index contributed by atoms with van der Waals surface area (Å²) in [4.78, 5) is 15.9. The van der Waals surface area contributed by atoms with Crippen molar-refractivity contribution in [1.29, 1.82) is 0 Å². The zero-order chi connectivity index (χ0) is 22.1. The molecule has 1 amide bonds. The van der Waals surface area contributed by atoms with Gasteiger partial charge in [-0.25, -0.2) is 0 Å². The molecule has 2 fully saturated rings. The third kappa shape index (κ3) is 3.96. The molecule has 0 radical (unpaired) electrons. The highest BCUT2D eigenvalue weighted by Crippen LogP contribution is 2.51. The maximum Gasteiger partial charge on any atom is 0.261 e. The number of nitrogens with one attached hydrogen (secondary N) is 1. The van der Waals surface area contributed by atoms with Gasteiger partial charge in [-0.3, -0.25) is 9.69 Å². The number of amides is 1. The molecule has 3 unspecified atom stereocenters. The van der Waals surface area contributed by atoms with Gasteiger partial charge < -0.3 is 10.4 Å². The Hall–Kier alpha value is -2.95. The minimum absolute atomic E-state index is 0.347. The maximum atomic E-state index is 13.4. The van der Waals surface area contributed by atoms with E-state index >= 15 is 0 Å². The molecule has 2 N–H and O–H groups in total. The highest BCUT2D eigenvalue weighted by Gasteiger charge is 2.55. The van der Waals surface area contributed by atoms with Crippen LogP contribution in [0.15, 0.2) is 84.9 Å². The number of hydrogen-bond donors (Lipinski definition) is 2. The summed E-state index contributed by atoms with van der Waals surface area (Å²) < 4.78 is 0. The summed E-state index contributed by atoms with van der Waals surface area (Å²) in [5.41, 5.74) is 1.86. The van der Waals surface area contributed by atoms with Crippen molar-refractivity contribution < 1.29 is 9.90 Å². The molecule has 3 aromatic carbocycles. The van der Waals surface area contributed by atoms with Crippen molar-refractivity contribution >= 4 is 5.91 Å². The second kappa shape index (κ2) is 8.53. The van der Waals surface area contributed by atoms with Crippen molar-refractivity contribution in [3.05, 3.63) is 107 Å². The third-order valence-electron chi connectivity index (χ3n) is 7.15. The average molecular weight is 427 g/mol. The lowest BCUT2D eigenvalue weighted by Crippen LogP contribution is -2.46. The molecule has 5 rings (SSSR count). The molecule has 0 aromatic heterocycles. The molecule has 164 valence electrons. The molecule has 3 aromatic rings. The van der Waals surface area contributed by atoms with Crippen LogP contribution in [0.25, 0.3) is 0 Å². The van der Waals surface area contributed by atoms with Gasteiger partial charge in [-0.05, 0) is 41.4 Å². The van der Waals surface area contributed by atoms with Gasteiger partial charge in [-0.1, -0.05) is 90.5 Å². The van der Waals surface area contributed by atoms with E-state index in [2.05, 4.69) is 40.5 Å². The van der Waals surface area contributed by atoms with Crippen LogP contribution in [0.4, 0.5) is 0 Å². The van der Waals surface area contributed by atoms with Crippen LogP contribution in [0, 0.1) is 24.7 Å². The van der Waals surface area contributed by atoms with Gasteiger partial charge in [0.15, 0.2) is 5.60 Å². The zero-order valence-electron chi connectivity index (χ0n) is 18.4. The van der Waals surface area contributed by atoms with E-state index in [1.165, 1.54) is 5.56 Å². The van der Waals surface area contributed by atoms with Crippen molar-refractivity contribution in [2.45, 2.75) is 19.1 Å². The van der Waals surface area contributed by atoms with Crippen LogP contribution in [-0.2, 0) is 16.9 Å². The maximum absolute atomic E-state index is 13.4. The first-order chi connectivity index (χ1) is 15.6. The Bertz CT molecular complexity index is 1070. The molecule has 0 spiro atoms. The summed E-state index contributed by atoms with van der Waals surface area (Å²) in [6.07, 6.45) is 0. The van der Waals surface area contributed by atoms with Crippen LogP contribution in [0.3, 0.4) is 0 Å². The number of piperidine rings is 1. The van der Waals surface area contributed by atoms with Gasteiger partial charge in [-0.15, -0.1) is 0 Å². The fourth-order valence-electron chi connectivity index (χ4n) is 5.33. The molecule has 1 saturated heterocycles. The van der Waals surface area contributed by atoms with E-state index in [0.29, 0.717) is 35.4 Å². The van der Waals surface area contributed by atoms with Crippen LogP contribution >= 0.6 is 0 Å². The average Bonchev–Trinajstić information content (AvgIpc) is 3.28. The first-order valence-corrected chi connectivity index (χ1v) is 11.5. The highest BCUT2D eigenvalue weighted by molar-refractivity contribution is 5.90. The lowest BCUT2D eigenvalue weighted by atomic mass is 9.84. The van der Waals surface area contributed by atoms with Crippen LogP contribution in [0.2, 0.25) is 0 Å². The molecule has 32 heavy (non-hydrogen) atoms. The smallest absolute Gasteiger partial charge is 0.261 e. The lowest BCUT2D eigenvalue weighted by Gasteiger charge is -2.29. The van der Waals surface area contributed by atoms with Crippen molar-refractivity contribution in [2.24, 2.45) is 17.8 Å². The Labute approximate surface area is 189 Å². The standard InChI is InChI=1S/C28H30N2O2/c1-20-9-8-14-23(15-20)28(32,22-12-6-3-7-13-22)27(31)29-16-24-25-18-30(19-26(24)25)17-21-10-4-2-5-11-21/h2-15,24-26,32H,16-19H2,1H3,(H,29,31). The first-order valence-electron chi connectivity index (χ1n) is 11.5. The summed E-state index contributed by atoms with van der Waals surface area (Å²) >= 11 is 0. The van der Waals surface area contributed by atoms with Crippen LogP contribution in [0.5, 0.6) is 0 Å². The van der Waals surface area contributed by atoms with Gasteiger partial charge in [0.2, 0.25) is 0 Å². The summed E-state index contributed by atoms with van der Waals surface area (Å²) in [6.45, 7) is 5.75. The first kappa shape index (κ1) is 20.9. The second-order valence-electron chi connectivity index (χ2n) is 9.33. The monoisotopic (exact) mass is 426 g/mol. The molecule has 3 atom stereocenters. The van der Waals surface area contributed by atoms with Crippen molar-refractivity contribution in [2.75, 3.05) is 19.6 Å². The number of fused-ring (bicyclic) bond motifs is 1. The van der Waals surface area contributed by atoms with E-state index in [4.69, 9.17) is 0 Å². The van der Waals surface area contributed by atoms with Crippen molar-refractivity contribution in [3.8, 4) is 0 Å². The summed E-state index contributed by atoms with van der Waals surface area (Å²) in [5, 5.41) is 14.8. The number of carbonyl (C=O) groups is 1. The van der Waals surface area contributed by atoms with E-state index in [1.807, 2.05) is 61.5 Å². The third-order valence-corrected chi connectivity index (χ3v) is 7.15. The molecule has 1 heterocycles. The molecule has 1 saturated carbocycles. The van der Waals surface area contributed by atoms with Gasteiger partial charge in [0.25, 0.3) is 5.91 Å². The number of likely N-dealkylation sites (tertiary alicyclic amines) is 1. The quantitative estimate of drug-likeness (QED) is 0.605. The number of benzene rings is 3. The molecule has 0 bridgehead atoms. The largest absolute Gasteiger partial charge is 0.372 e. The predicted molar refractivity (Wildman–Crippen MR) is 126 cm³/mol. The molecule has 1 aliphatic carbocycles. The highest BCUT2D eigenvalue weighted by atomic mass is 16.3. The van der Waals surface area contributed by atoms with Crippen LogP contribution < -0.4 is 5.32 Å². The Balaban J connectivity index is 1.23. The summed E-state index contributed by atoms with van der Waals surface area (Å²) in [7, 11) is 0. The molecule has 1 aliphatic heterocycles. The Kier molecular flexibility index (Phi) is 5.58. The fraction of sp³-hybridized carbons (Fsp3) is 0.321. The van der Waals surface area contributed by atoms with Crippen LogP contribution in [0.1, 0.15) is 22.3 Å². The Morgan fingerprint density at radius 1 is 0.938 bits per heavy atom. The fourth-order valence-corrected chi connectivity index (χ4v) is 5.33. The van der Waals surface area contributed by atoms with Gasteiger partial charge in [-0.2, -0.15) is 0 Å². The van der Waals surface area contributed by atoms with Gasteiger partial charge in [0.1, 0.15) is 0 Å². The van der Waals surface area contributed by atoms with E-state index < -0.39 is 5.60 Å². The SMILES string of the molecule is Cc1cccc(C(O)(C(=O)NCC2C3CN(Cc4ccccc4)CC23)c2ccccc2)c1. The van der Waals surface area contributed by atoms with Crippen LogP contribution in [-0.4, -0.2) is 35.5 Å². The molecular formula is C28H30N2O2. The topological polar surface area (TPSA) is 52.6 Å². The summed E-state index contributed by atoms with van der Waals surface area (Å²) in [6, 6.07) is 27.4. The Morgan fingerprint density at radius 3 is 2.22 bits per heavy atom. The number of rotatable bonds is 7. The van der Waals surface area contributed by atoms with Gasteiger partial charge >= 0.3 is 0 Å². The molecule has 4 nitrogen and oxygen atoms in total. The number of aryl methyl sites for hydroxylation is 1. The number of aliphatic hydroxyl groups is 1. The molecule has 2 aliphatic rings. The number of carbonyl (C=O) groups excluding carboxylic acids is 1. The minimum atomic E-state index is -1.70. The van der Waals surface area contributed by atoms with Gasteiger partial charge in [0.05, 0.1) is 0 Å². The van der Waals surface area contributed by atoms with Crippen molar-refractivity contribution in [3.63, 3.8) is 0 Å². The number of nitrogens with zero attached hydrogens (tertiary/aromatic N) is 1. The normalized spacial score (nSPS) is 23.9. The molecule has 4 heteroatoms. The van der Waals surface area contributed by atoms with E-state index in [1.54, 1.807) is 0 Å². The second-order valence-corrected chi connectivity index (χ2v) is 9.33. The Morgan fingerprint density at radius 2 is 1.56 bits per heavy atom. The summed E-state index contributed by atoms with van der Waals surface area (Å²) in [5.74, 6) is 1.44.